The molecule has 2 aromatic rings. The van der Waals surface area contributed by atoms with Gasteiger partial charge in [-0.3, -0.25) is 4.79 Å². The van der Waals surface area contributed by atoms with Crippen molar-refractivity contribution >= 4 is 12.0 Å². The number of primary amides is 1. The number of nitrogens with two attached hydrogens (primary N) is 1. The Morgan fingerprint density at radius 2 is 1.41 bits per heavy atom. The zero-order valence-corrected chi connectivity index (χ0v) is 12.2. The number of methoxy groups -OCH3 is 1. The molecule has 0 aliphatic heterocycles. The third-order valence-electron chi connectivity index (χ3n) is 3.42. The van der Waals surface area contributed by atoms with Crippen LogP contribution in [0.3, 0.4) is 0 Å². The van der Waals surface area contributed by atoms with E-state index in [1.54, 1.807) is 0 Å². The second kappa shape index (κ2) is 7.26. The first kappa shape index (κ1) is 15.6. The lowest BCUT2D eigenvalue weighted by atomic mass is 9.84. The molecule has 0 aromatic heterocycles. The van der Waals surface area contributed by atoms with Crippen molar-refractivity contribution in [3.63, 3.8) is 0 Å². The van der Waals surface area contributed by atoms with Crippen LogP contribution in [0, 0.1) is 0 Å². The second-order valence-electron chi connectivity index (χ2n) is 4.81. The summed E-state index contributed by atoms with van der Waals surface area (Å²) in [6.07, 6.45) is -0.694. The molecule has 0 heterocycles. The van der Waals surface area contributed by atoms with Gasteiger partial charge in [0.05, 0.1) is 7.11 Å². The van der Waals surface area contributed by atoms with Crippen LogP contribution < -0.4 is 11.1 Å². The van der Waals surface area contributed by atoms with Crippen molar-refractivity contribution in [2.75, 3.05) is 7.11 Å². The van der Waals surface area contributed by atoms with Crippen molar-refractivity contribution in [3.8, 4) is 0 Å². The molecule has 0 fully saturated rings. The maximum atomic E-state index is 11.9. The molecular formula is C17H18N2O3. The van der Waals surface area contributed by atoms with E-state index in [0.29, 0.717) is 0 Å². The average molecular weight is 298 g/mol. The van der Waals surface area contributed by atoms with Gasteiger partial charge < -0.3 is 15.8 Å². The molecule has 2 rings (SSSR count). The van der Waals surface area contributed by atoms with Gasteiger partial charge in [-0.2, -0.15) is 0 Å². The molecule has 22 heavy (non-hydrogen) atoms. The van der Waals surface area contributed by atoms with E-state index in [0.717, 1.165) is 11.1 Å². The van der Waals surface area contributed by atoms with Gasteiger partial charge in [-0.05, 0) is 11.1 Å². The van der Waals surface area contributed by atoms with Crippen molar-refractivity contribution in [2.45, 2.75) is 12.0 Å². The Hall–Kier alpha value is -2.82. The van der Waals surface area contributed by atoms with Gasteiger partial charge in [0.1, 0.15) is 6.04 Å². The molecule has 2 amide bonds. The van der Waals surface area contributed by atoms with Crippen molar-refractivity contribution in [3.05, 3.63) is 71.8 Å². The molecular weight excluding hydrogens is 280 g/mol. The number of rotatable bonds is 5. The standard InChI is InChI=1S/C17H18N2O3/c1-22-17(21)19-15(16(18)20)14(12-8-4-2-5-9-12)13-10-6-3-7-11-13/h2-11,14-15H,1H3,(H2,18,20)(H,19,21)/t15-/m0/s1. The summed E-state index contributed by atoms with van der Waals surface area (Å²) in [7, 11) is 1.24. The van der Waals surface area contributed by atoms with E-state index in [1.807, 2.05) is 60.7 Å². The van der Waals surface area contributed by atoms with Crippen LogP contribution in [-0.2, 0) is 9.53 Å². The Bertz CT molecular complexity index is 589. The molecule has 0 radical (unpaired) electrons. The van der Waals surface area contributed by atoms with Crippen LogP contribution in [-0.4, -0.2) is 25.2 Å². The number of carbonyl (C=O) groups is 2. The topological polar surface area (TPSA) is 81.4 Å². The Labute approximate surface area is 129 Å². The molecule has 0 spiro atoms. The van der Waals surface area contributed by atoms with Crippen LogP contribution in [0.2, 0.25) is 0 Å². The van der Waals surface area contributed by atoms with E-state index >= 15 is 0 Å². The number of amides is 2. The van der Waals surface area contributed by atoms with Crippen molar-refractivity contribution in [1.82, 2.24) is 5.32 Å². The highest BCUT2D eigenvalue weighted by atomic mass is 16.5. The molecule has 0 aliphatic rings. The smallest absolute Gasteiger partial charge is 0.407 e. The number of benzene rings is 2. The minimum absolute atomic E-state index is 0.390. The first-order valence-electron chi connectivity index (χ1n) is 6.87. The molecule has 114 valence electrons. The lowest BCUT2D eigenvalue weighted by Crippen LogP contribution is -2.48. The van der Waals surface area contributed by atoms with Crippen LogP contribution in [0.25, 0.3) is 0 Å². The van der Waals surface area contributed by atoms with Gasteiger partial charge in [0, 0.05) is 5.92 Å². The largest absolute Gasteiger partial charge is 0.453 e. The fourth-order valence-electron chi connectivity index (χ4n) is 2.40. The molecule has 0 aliphatic carbocycles. The van der Waals surface area contributed by atoms with Crippen molar-refractivity contribution in [2.24, 2.45) is 5.73 Å². The Balaban J connectivity index is 2.46. The minimum atomic E-state index is -0.905. The van der Waals surface area contributed by atoms with Gasteiger partial charge in [-0.1, -0.05) is 60.7 Å². The number of hydrogen-bond donors (Lipinski definition) is 2. The molecule has 0 saturated carbocycles. The maximum Gasteiger partial charge on any atom is 0.407 e. The van der Waals surface area contributed by atoms with Crippen LogP contribution in [0.15, 0.2) is 60.7 Å². The summed E-state index contributed by atoms with van der Waals surface area (Å²) < 4.78 is 4.59. The lowest BCUT2D eigenvalue weighted by molar-refractivity contribution is -0.120. The molecule has 5 heteroatoms. The second-order valence-corrected chi connectivity index (χ2v) is 4.81. The van der Waals surface area contributed by atoms with Crippen LogP contribution in [0.1, 0.15) is 17.0 Å². The number of ether oxygens (including phenoxy) is 1. The van der Waals surface area contributed by atoms with Crippen LogP contribution in [0.4, 0.5) is 4.79 Å². The summed E-state index contributed by atoms with van der Waals surface area (Å²) in [6.45, 7) is 0. The summed E-state index contributed by atoms with van der Waals surface area (Å²) in [5.74, 6) is -1.01. The fraction of sp³-hybridized carbons (Fsp3) is 0.176. The van der Waals surface area contributed by atoms with Gasteiger partial charge in [-0.25, -0.2) is 4.79 Å². The minimum Gasteiger partial charge on any atom is -0.453 e. The quantitative estimate of drug-likeness (QED) is 0.886. The molecule has 1 atom stereocenters. The Morgan fingerprint density at radius 1 is 0.955 bits per heavy atom. The van der Waals surface area contributed by atoms with Crippen LogP contribution in [0.5, 0.6) is 0 Å². The summed E-state index contributed by atoms with van der Waals surface area (Å²) in [6, 6.07) is 18.0. The van der Waals surface area contributed by atoms with E-state index in [9.17, 15) is 9.59 Å². The highest BCUT2D eigenvalue weighted by Gasteiger charge is 2.31. The number of alkyl carbamates (subject to hydrolysis) is 1. The van der Waals surface area contributed by atoms with Crippen molar-refractivity contribution in [1.29, 1.82) is 0 Å². The zero-order chi connectivity index (χ0) is 15.9. The zero-order valence-electron chi connectivity index (χ0n) is 12.2. The third-order valence-corrected chi connectivity index (χ3v) is 3.42. The van der Waals surface area contributed by atoms with Gasteiger partial charge in [0.25, 0.3) is 0 Å². The molecule has 0 bridgehead atoms. The van der Waals surface area contributed by atoms with E-state index < -0.39 is 18.0 Å². The Kier molecular flexibility index (Phi) is 5.14. The summed E-state index contributed by atoms with van der Waals surface area (Å²) >= 11 is 0. The monoisotopic (exact) mass is 298 g/mol. The predicted octanol–water partition coefficient (Wildman–Crippen LogP) is 2.03. The summed E-state index contributed by atoms with van der Waals surface area (Å²) in [5, 5.41) is 2.53. The first-order valence-corrected chi connectivity index (χ1v) is 6.87. The number of carbonyl (C=O) groups excluding carboxylic acids is 2. The number of nitrogens with one attached hydrogen (secondary N) is 1. The molecule has 3 N–H and O–H groups in total. The van der Waals surface area contributed by atoms with Crippen LogP contribution >= 0.6 is 0 Å². The van der Waals surface area contributed by atoms with Crippen molar-refractivity contribution < 1.29 is 14.3 Å². The van der Waals surface area contributed by atoms with E-state index in [2.05, 4.69) is 10.1 Å². The first-order chi connectivity index (χ1) is 10.6. The third kappa shape index (κ3) is 3.63. The Morgan fingerprint density at radius 3 is 1.77 bits per heavy atom. The van der Waals surface area contributed by atoms with Gasteiger partial charge in [0.2, 0.25) is 5.91 Å². The molecule has 0 saturated heterocycles. The van der Waals surface area contributed by atoms with Gasteiger partial charge in [0.15, 0.2) is 0 Å². The highest BCUT2D eigenvalue weighted by molar-refractivity contribution is 5.86. The molecule has 5 nitrogen and oxygen atoms in total. The highest BCUT2D eigenvalue weighted by Crippen LogP contribution is 2.28. The fourth-order valence-corrected chi connectivity index (χ4v) is 2.40. The maximum absolute atomic E-state index is 11.9. The van der Waals surface area contributed by atoms with E-state index in [-0.39, 0.29) is 5.92 Å². The lowest BCUT2D eigenvalue weighted by Gasteiger charge is -2.26. The van der Waals surface area contributed by atoms with Gasteiger partial charge in [-0.15, -0.1) is 0 Å². The van der Waals surface area contributed by atoms with E-state index in [1.165, 1.54) is 7.11 Å². The molecule has 2 aromatic carbocycles. The van der Waals surface area contributed by atoms with E-state index in [4.69, 9.17) is 5.73 Å². The molecule has 0 unspecified atom stereocenters. The normalized spacial score (nSPS) is 11.7. The summed E-state index contributed by atoms with van der Waals surface area (Å²) in [5.41, 5.74) is 7.27. The van der Waals surface area contributed by atoms with Gasteiger partial charge >= 0.3 is 6.09 Å². The SMILES string of the molecule is COC(=O)N[C@H](C(N)=O)C(c1ccccc1)c1ccccc1. The summed E-state index contributed by atoms with van der Waals surface area (Å²) in [4.78, 5) is 23.4. The number of hydrogen-bond acceptors (Lipinski definition) is 3. The average Bonchev–Trinajstić information content (AvgIpc) is 2.56. The predicted molar refractivity (Wildman–Crippen MR) is 83.3 cm³/mol.